The average Bonchev–Trinajstić information content (AvgIpc) is 2.48. The second kappa shape index (κ2) is 5.72. The maximum absolute atomic E-state index is 10.7. The van der Waals surface area contributed by atoms with E-state index in [1.807, 2.05) is 24.3 Å². The van der Waals surface area contributed by atoms with Crippen LogP contribution in [0.4, 0.5) is 0 Å². The summed E-state index contributed by atoms with van der Waals surface area (Å²) in [6, 6.07) is 8.15. The van der Waals surface area contributed by atoms with Crippen LogP contribution in [-0.4, -0.2) is 48.0 Å². The number of para-hydroxylation sites is 1. The minimum absolute atomic E-state index is 0.0150. The fourth-order valence-electron chi connectivity index (χ4n) is 3.24. The molecule has 4 nitrogen and oxygen atoms in total. The minimum atomic E-state index is -0.487. The monoisotopic (exact) mass is 277 g/mol. The van der Waals surface area contributed by atoms with Gasteiger partial charge >= 0.3 is 0 Å². The van der Waals surface area contributed by atoms with E-state index < -0.39 is 6.10 Å². The lowest BCUT2D eigenvalue weighted by atomic mass is 9.95. The Morgan fingerprint density at radius 1 is 1.30 bits per heavy atom. The van der Waals surface area contributed by atoms with Gasteiger partial charge in [-0.3, -0.25) is 4.90 Å². The van der Waals surface area contributed by atoms with Crippen molar-refractivity contribution >= 4 is 0 Å². The minimum Gasteiger partial charge on any atom is -0.491 e. The van der Waals surface area contributed by atoms with Crippen molar-refractivity contribution in [1.82, 2.24) is 4.90 Å². The number of fused-ring (bicyclic) bond motifs is 1. The van der Waals surface area contributed by atoms with E-state index in [0.717, 1.165) is 30.9 Å². The Balaban J connectivity index is 1.83. The molecule has 4 atom stereocenters. The Hall–Kier alpha value is -1.10. The van der Waals surface area contributed by atoms with Gasteiger partial charge in [-0.25, -0.2) is 0 Å². The van der Waals surface area contributed by atoms with Crippen LogP contribution in [0.15, 0.2) is 24.3 Å². The zero-order chi connectivity index (χ0) is 14.1. The van der Waals surface area contributed by atoms with E-state index in [-0.39, 0.29) is 12.1 Å². The van der Waals surface area contributed by atoms with Crippen LogP contribution >= 0.6 is 0 Å². The standard InChI is InChI=1S/C16H23NO3/c1-3-12-9-19-11(2)8-17(12)14-10-20-15-7-5-4-6-13(15)16(14)18/h4-7,11-12,14,16,18H,3,8-10H2,1-2H3. The fourth-order valence-corrected chi connectivity index (χ4v) is 3.24. The van der Waals surface area contributed by atoms with Gasteiger partial charge in [0.25, 0.3) is 0 Å². The van der Waals surface area contributed by atoms with Gasteiger partial charge < -0.3 is 14.6 Å². The first kappa shape index (κ1) is 13.9. The van der Waals surface area contributed by atoms with Crippen molar-refractivity contribution in [3.05, 3.63) is 29.8 Å². The van der Waals surface area contributed by atoms with Crippen molar-refractivity contribution in [3.8, 4) is 5.75 Å². The highest BCUT2D eigenvalue weighted by molar-refractivity contribution is 5.37. The molecular formula is C16H23NO3. The SMILES string of the molecule is CCC1COC(C)CN1C1COc2ccccc2C1O. The van der Waals surface area contributed by atoms with Gasteiger partial charge in [-0.15, -0.1) is 0 Å². The smallest absolute Gasteiger partial charge is 0.125 e. The van der Waals surface area contributed by atoms with Crippen molar-refractivity contribution in [1.29, 1.82) is 0 Å². The molecule has 0 spiro atoms. The Bertz CT molecular complexity index is 465. The van der Waals surface area contributed by atoms with Crippen molar-refractivity contribution < 1.29 is 14.6 Å². The zero-order valence-electron chi connectivity index (χ0n) is 12.2. The molecule has 2 aliphatic rings. The second-order valence-corrected chi connectivity index (χ2v) is 5.76. The molecule has 1 aromatic carbocycles. The summed E-state index contributed by atoms with van der Waals surface area (Å²) in [5.41, 5.74) is 0.901. The van der Waals surface area contributed by atoms with E-state index in [9.17, 15) is 5.11 Å². The van der Waals surface area contributed by atoms with Crippen molar-refractivity contribution in [2.45, 2.75) is 44.6 Å². The van der Waals surface area contributed by atoms with Gasteiger partial charge in [0, 0.05) is 18.2 Å². The van der Waals surface area contributed by atoms with Gasteiger partial charge in [0.1, 0.15) is 18.5 Å². The van der Waals surface area contributed by atoms with E-state index in [1.165, 1.54) is 0 Å². The molecule has 4 unspecified atom stereocenters. The van der Waals surface area contributed by atoms with E-state index in [1.54, 1.807) is 0 Å². The zero-order valence-corrected chi connectivity index (χ0v) is 12.2. The molecule has 1 saturated heterocycles. The average molecular weight is 277 g/mol. The molecule has 0 aromatic heterocycles. The number of rotatable bonds is 2. The highest BCUT2D eigenvalue weighted by Gasteiger charge is 2.38. The van der Waals surface area contributed by atoms with Crippen LogP contribution in [0.2, 0.25) is 0 Å². The fraction of sp³-hybridized carbons (Fsp3) is 0.625. The number of nitrogens with zero attached hydrogens (tertiary/aromatic N) is 1. The summed E-state index contributed by atoms with van der Waals surface area (Å²) in [6.45, 7) is 6.39. The quantitative estimate of drug-likeness (QED) is 0.897. The largest absolute Gasteiger partial charge is 0.491 e. The third kappa shape index (κ3) is 2.43. The maximum Gasteiger partial charge on any atom is 0.125 e. The summed E-state index contributed by atoms with van der Waals surface area (Å²) >= 11 is 0. The molecule has 0 bridgehead atoms. The predicted octanol–water partition coefficient (Wildman–Crippen LogP) is 1.98. The first-order valence-corrected chi connectivity index (χ1v) is 7.47. The lowest BCUT2D eigenvalue weighted by molar-refractivity contribution is -0.106. The number of hydrogen-bond donors (Lipinski definition) is 1. The van der Waals surface area contributed by atoms with Gasteiger partial charge in [0.15, 0.2) is 0 Å². The predicted molar refractivity (Wildman–Crippen MR) is 76.9 cm³/mol. The molecule has 1 fully saturated rings. The second-order valence-electron chi connectivity index (χ2n) is 5.76. The normalized spacial score (nSPS) is 34.4. The van der Waals surface area contributed by atoms with Crippen LogP contribution in [0.1, 0.15) is 31.9 Å². The Labute approximate surface area is 120 Å². The maximum atomic E-state index is 10.7. The molecule has 4 heteroatoms. The topological polar surface area (TPSA) is 41.9 Å². The van der Waals surface area contributed by atoms with Crippen molar-refractivity contribution in [2.24, 2.45) is 0 Å². The summed E-state index contributed by atoms with van der Waals surface area (Å²) in [7, 11) is 0. The molecule has 0 amide bonds. The van der Waals surface area contributed by atoms with Gasteiger partial charge in [-0.1, -0.05) is 25.1 Å². The van der Waals surface area contributed by atoms with Gasteiger partial charge in [0.05, 0.1) is 18.8 Å². The van der Waals surface area contributed by atoms with E-state index in [0.29, 0.717) is 12.6 Å². The van der Waals surface area contributed by atoms with Crippen LogP contribution in [0.3, 0.4) is 0 Å². The number of morpholine rings is 1. The number of hydrogen-bond acceptors (Lipinski definition) is 4. The van der Waals surface area contributed by atoms with E-state index in [2.05, 4.69) is 18.7 Å². The molecule has 110 valence electrons. The number of aliphatic hydroxyl groups is 1. The molecular weight excluding hydrogens is 254 g/mol. The van der Waals surface area contributed by atoms with Crippen LogP contribution in [0.25, 0.3) is 0 Å². The van der Waals surface area contributed by atoms with Crippen LogP contribution in [0.5, 0.6) is 5.75 Å². The summed E-state index contributed by atoms with van der Waals surface area (Å²) in [6.07, 6.45) is 0.749. The highest BCUT2D eigenvalue weighted by atomic mass is 16.5. The molecule has 0 saturated carbocycles. The van der Waals surface area contributed by atoms with Crippen LogP contribution in [-0.2, 0) is 4.74 Å². The third-order valence-electron chi connectivity index (χ3n) is 4.42. The molecule has 0 radical (unpaired) electrons. The lowest BCUT2D eigenvalue weighted by Gasteiger charge is -2.46. The first-order chi connectivity index (χ1) is 9.70. The Morgan fingerprint density at radius 2 is 2.10 bits per heavy atom. The van der Waals surface area contributed by atoms with Crippen molar-refractivity contribution in [3.63, 3.8) is 0 Å². The molecule has 1 N–H and O–H groups in total. The summed E-state index contributed by atoms with van der Waals surface area (Å²) in [5.74, 6) is 0.811. The van der Waals surface area contributed by atoms with E-state index in [4.69, 9.17) is 9.47 Å². The Morgan fingerprint density at radius 3 is 2.90 bits per heavy atom. The summed E-state index contributed by atoms with van der Waals surface area (Å²) < 4.78 is 11.6. The molecule has 3 rings (SSSR count). The molecule has 2 heterocycles. The lowest BCUT2D eigenvalue weighted by Crippen LogP contribution is -2.57. The van der Waals surface area contributed by atoms with Gasteiger partial charge in [0.2, 0.25) is 0 Å². The third-order valence-corrected chi connectivity index (χ3v) is 4.42. The molecule has 0 aliphatic carbocycles. The Kier molecular flexibility index (Phi) is 3.96. The molecule has 2 aliphatic heterocycles. The summed E-state index contributed by atoms with van der Waals surface area (Å²) in [5, 5.41) is 10.7. The van der Waals surface area contributed by atoms with Crippen LogP contribution < -0.4 is 4.74 Å². The van der Waals surface area contributed by atoms with Crippen molar-refractivity contribution in [2.75, 3.05) is 19.8 Å². The number of aliphatic hydroxyl groups excluding tert-OH is 1. The number of ether oxygens (including phenoxy) is 2. The first-order valence-electron chi connectivity index (χ1n) is 7.47. The highest BCUT2D eigenvalue weighted by Crippen LogP contribution is 2.35. The van der Waals surface area contributed by atoms with Gasteiger partial charge in [-0.05, 0) is 19.4 Å². The molecule has 1 aromatic rings. The number of benzene rings is 1. The van der Waals surface area contributed by atoms with Crippen LogP contribution in [0, 0.1) is 0 Å². The summed E-state index contributed by atoms with van der Waals surface area (Å²) in [4.78, 5) is 2.37. The van der Waals surface area contributed by atoms with Gasteiger partial charge in [-0.2, -0.15) is 0 Å². The van der Waals surface area contributed by atoms with E-state index >= 15 is 0 Å². The molecule has 20 heavy (non-hydrogen) atoms.